The van der Waals surface area contributed by atoms with Crippen LogP contribution >= 0.6 is 0 Å². The van der Waals surface area contributed by atoms with Crippen molar-refractivity contribution < 1.29 is 14.8 Å². The molecule has 0 unspecified atom stereocenters. The van der Waals surface area contributed by atoms with Gasteiger partial charge in [0, 0.05) is 19.5 Å². The van der Waals surface area contributed by atoms with Gasteiger partial charge in [0.2, 0.25) is 0 Å². The van der Waals surface area contributed by atoms with Gasteiger partial charge < -0.3 is 4.90 Å². The predicted octanol–water partition coefficient (Wildman–Crippen LogP) is 1.54. The molecule has 2 rings (SSSR count). The summed E-state index contributed by atoms with van der Waals surface area (Å²) in [5.41, 5.74) is 1.06. The minimum absolute atomic E-state index is 0.0442. The largest absolute Gasteiger partial charge is 0.329 e. The lowest BCUT2D eigenvalue weighted by molar-refractivity contribution is -0.160. The van der Waals surface area contributed by atoms with Crippen LogP contribution in [0.25, 0.3) is 0 Å². The molecule has 1 aliphatic heterocycles. The maximum absolute atomic E-state index is 12.1. The Bertz CT molecular complexity index is 511. The molecule has 2 amide bonds. The van der Waals surface area contributed by atoms with Crippen LogP contribution in [0.4, 0.5) is 0 Å². The smallest absolute Gasteiger partial charge is 0.273 e. The van der Waals surface area contributed by atoms with E-state index in [9.17, 15) is 14.8 Å². The Kier molecular flexibility index (Phi) is 3.97. The number of rotatable bonds is 4. The lowest BCUT2D eigenvalue weighted by Gasteiger charge is -2.19. The molecule has 0 fully saturated rings. The van der Waals surface area contributed by atoms with Crippen LogP contribution < -0.4 is 0 Å². The van der Waals surface area contributed by atoms with Gasteiger partial charge in [0.1, 0.15) is 5.70 Å². The van der Waals surface area contributed by atoms with E-state index in [0.717, 1.165) is 5.56 Å². The van der Waals surface area contributed by atoms with E-state index in [1.165, 1.54) is 0 Å². The van der Waals surface area contributed by atoms with Crippen LogP contribution in [0.3, 0.4) is 0 Å². The van der Waals surface area contributed by atoms with Crippen LogP contribution in [0.1, 0.15) is 18.9 Å². The fourth-order valence-corrected chi connectivity index (χ4v) is 1.93. The van der Waals surface area contributed by atoms with Crippen molar-refractivity contribution in [1.29, 1.82) is 0 Å². The van der Waals surface area contributed by atoms with Gasteiger partial charge in [0.15, 0.2) is 0 Å². The van der Waals surface area contributed by atoms with Crippen LogP contribution in [-0.2, 0) is 16.1 Å². The third kappa shape index (κ3) is 2.82. The fraction of sp³-hybridized carbons (Fsp3) is 0.286. The highest BCUT2D eigenvalue weighted by molar-refractivity contribution is 5.98. The van der Waals surface area contributed by atoms with Crippen LogP contribution in [-0.4, -0.2) is 33.5 Å². The highest BCUT2D eigenvalue weighted by Crippen LogP contribution is 2.17. The fourth-order valence-electron chi connectivity index (χ4n) is 1.93. The van der Waals surface area contributed by atoms with Crippen molar-refractivity contribution in [3.63, 3.8) is 0 Å². The van der Waals surface area contributed by atoms with Gasteiger partial charge in [-0.3, -0.25) is 14.8 Å². The minimum Gasteiger partial charge on any atom is -0.329 e. The number of carbonyl (C=O) groups is 2. The molecule has 1 aromatic rings. The summed E-state index contributed by atoms with van der Waals surface area (Å²) in [4.78, 5) is 25.0. The zero-order chi connectivity index (χ0) is 13.8. The van der Waals surface area contributed by atoms with Crippen molar-refractivity contribution in [2.45, 2.75) is 19.9 Å². The highest BCUT2D eigenvalue weighted by atomic mass is 16.5. The molecule has 0 aliphatic carbocycles. The van der Waals surface area contributed by atoms with Crippen LogP contribution in [0.15, 0.2) is 42.1 Å². The maximum Gasteiger partial charge on any atom is 0.273 e. The second-order valence-electron chi connectivity index (χ2n) is 4.32. The summed E-state index contributed by atoms with van der Waals surface area (Å²) in [6.07, 6.45) is 1.72. The first-order valence-corrected chi connectivity index (χ1v) is 6.18. The summed E-state index contributed by atoms with van der Waals surface area (Å²) < 4.78 is 0. The van der Waals surface area contributed by atoms with Gasteiger partial charge >= 0.3 is 0 Å². The number of amides is 2. The van der Waals surface area contributed by atoms with E-state index >= 15 is 0 Å². The SMILES string of the molecule is CCC(=O)N(O)C1=CCN(Cc2ccccc2)C1=O. The number of carbonyl (C=O) groups excluding carboxylic acids is 2. The van der Waals surface area contributed by atoms with Crippen LogP contribution in [0, 0.1) is 0 Å². The molecule has 1 N–H and O–H groups in total. The molecule has 0 spiro atoms. The summed E-state index contributed by atoms with van der Waals surface area (Å²) in [7, 11) is 0. The lowest BCUT2D eigenvalue weighted by atomic mass is 10.2. The monoisotopic (exact) mass is 260 g/mol. The molecular weight excluding hydrogens is 244 g/mol. The molecule has 5 heteroatoms. The van der Waals surface area contributed by atoms with Gasteiger partial charge in [-0.25, -0.2) is 0 Å². The van der Waals surface area contributed by atoms with Crippen molar-refractivity contribution in [1.82, 2.24) is 9.96 Å². The average molecular weight is 260 g/mol. The van der Waals surface area contributed by atoms with E-state index in [1.54, 1.807) is 17.9 Å². The molecule has 1 aromatic carbocycles. The molecule has 0 bridgehead atoms. The lowest BCUT2D eigenvalue weighted by Crippen LogP contribution is -2.34. The summed E-state index contributed by atoms with van der Waals surface area (Å²) in [6, 6.07) is 9.58. The summed E-state index contributed by atoms with van der Waals surface area (Å²) in [5, 5.41) is 10.1. The van der Waals surface area contributed by atoms with Crippen LogP contribution in [0.2, 0.25) is 0 Å². The van der Waals surface area contributed by atoms with Crippen LogP contribution in [0.5, 0.6) is 0 Å². The van der Waals surface area contributed by atoms with Gasteiger partial charge in [-0.15, -0.1) is 0 Å². The predicted molar refractivity (Wildman–Crippen MR) is 68.9 cm³/mol. The highest BCUT2D eigenvalue weighted by Gasteiger charge is 2.30. The van der Waals surface area contributed by atoms with E-state index in [2.05, 4.69) is 0 Å². The Morgan fingerprint density at radius 3 is 2.68 bits per heavy atom. The first-order chi connectivity index (χ1) is 9.13. The standard InChI is InChI=1S/C14H16N2O3/c1-2-13(17)16(19)12-8-9-15(14(12)18)10-11-6-4-3-5-7-11/h3-8,19H,2,9-10H2,1H3. The third-order valence-electron chi connectivity index (χ3n) is 2.99. The molecule has 0 radical (unpaired) electrons. The molecule has 1 heterocycles. The zero-order valence-corrected chi connectivity index (χ0v) is 10.7. The second kappa shape index (κ2) is 5.67. The zero-order valence-electron chi connectivity index (χ0n) is 10.7. The van der Waals surface area contributed by atoms with E-state index in [0.29, 0.717) is 18.2 Å². The van der Waals surface area contributed by atoms with E-state index in [-0.39, 0.29) is 18.0 Å². The molecular formula is C14H16N2O3. The Morgan fingerprint density at radius 1 is 1.37 bits per heavy atom. The average Bonchev–Trinajstić information content (AvgIpc) is 2.80. The normalized spacial score (nSPS) is 14.5. The number of hydrogen-bond donors (Lipinski definition) is 1. The second-order valence-corrected chi connectivity index (χ2v) is 4.32. The molecule has 1 aliphatic rings. The Balaban J connectivity index is 2.03. The molecule has 0 saturated carbocycles. The van der Waals surface area contributed by atoms with E-state index in [1.807, 2.05) is 30.3 Å². The first-order valence-electron chi connectivity index (χ1n) is 6.18. The summed E-state index contributed by atoms with van der Waals surface area (Å²) in [6.45, 7) is 2.50. The topological polar surface area (TPSA) is 60.9 Å². The Labute approximate surface area is 111 Å². The first kappa shape index (κ1) is 13.3. The Morgan fingerprint density at radius 2 is 2.05 bits per heavy atom. The number of nitrogens with zero attached hydrogens (tertiary/aromatic N) is 2. The Hall–Kier alpha value is -2.14. The van der Waals surface area contributed by atoms with Gasteiger partial charge in [0.05, 0.1) is 0 Å². The molecule has 0 aromatic heterocycles. The van der Waals surface area contributed by atoms with Gasteiger partial charge in [-0.1, -0.05) is 37.3 Å². The van der Waals surface area contributed by atoms with Crippen molar-refractivity contribution in [2.75, 3.05) is 6.54 Å². The molecule has 19 heavy (non-hydrogen) atoms. The summed E-state index contributed by atoms with van der Waals surface area (Å²) in [5.74, 6) is -0.811. The maximum atomic E-state index is 12.1. The molecule has 100 valence electrons. The van der Waals surface area contributed by atoms with E-state index < -0.39 is 5.91 Å². The van der Waals surface area contributed by atoms with E-state index in [4.69, 9.17) is 0 Å². The van der Waals surface area contributed by atoms with Gasteiger partial charge in [-0.2, -0.15) is 5.06 Å². The molecule has 5 nitrogen and oxygen atoms in total. The number of benzene rings is 1. The molecule has 0 saturated heterocycles. The number of hydrogen-bond acceptors (Lipinski definition) is 3. The van der Waals surface area contributed by atoms with Gasteiger partial charge in [-0.05, 0) is 11.6 Å². The quantitative estimate of drug-likeness (QED) is 0.660. The minimum atomic E-state index is -0.485. The van der Waals surface area contributed by atoms with Crippen molar-refractivity contribution in [2.24, 2.45) is 0 Å². The van der Waals surface area contributed by atoms with Crippen molar-refractivity contribution in [3.8, 4) is 0 Å². The summed E-state index contributed by atoms with van der Waals surface area (Å²) >= 11 is 0. The molecule has 0 atom stereocenters. The van der Waals surface area contributed by atoms with Crippen molar-refractivity contribution in [3.05, 3.63) is 47.7 Å². The van der Waals surface area contributed by atoms with Crippen molar-refractivity contribution >= 4 is 11.8 Å². The third-order valence-corrected chi connectivity index (χ3v) is 2.99. The van der Waals surface area contributed by atoms with Gasteiger partial charge in [0.25, 0.3) is 11.8 Å². The number of hydroxylamine groups is 2.